The normalized spacial score (nSPS) is 10.8. The second-order valence-electron chi connectivity index (χ2n) is 2.70. The van der Waals surface area contributed by atoms with E-state index >= 15 is 0 Å². The highest BCUT2D eigenvalue weighted by molar-refractivity contribution is 7.20. The molecule has 0 aliphatic heterocycles. The van der Waals surface area contributed by atoms with Crippen molar-refractivity contribution in [1.82, 2.24) is 0 Å². The fourth-order valence-electron chi connectivity index (χ4n) is 1.15. The summed E-state index contributed by atoms with van der Waals surface area (Å²) in [5.41, 5.74) is 0.615. The minimum atomic E-state index is -0.224. The van der Waals surface area contributed by atoms with Gasteiger partial charge in [0.25, 0.3) is 0 Å². The van der Waals surface area contributed by atoms with E-state index in [1.165, 1.54) is 0 Å². The molecular formula is C9H7FOS. The molecule has 62 valence electrons. The van der Waals surface area contributed by atoms with Gasteiger partial charge in [-0.25, -0.2) is 4.39 Å². The van der Waals surface area contributed by atoms with Crippen LogP contribution in [0.3, 0.4) is 0 Å². The van der Waals surface area contributed by atoms with Gasteiger partial charge in [-0.05, 0) is 23.9 Å². The Bertz CT molecular complexity index is 433. The molecule has 2 aromatic rings. The molecule has 0 saturated heterocycles. The lowest BCUT2D eigenvalue weighted by atomic mass is 10.2. The van der Waals surface area contributed by atoms with Crippen LogP contribution >= 0.6 is 11.3 Å². The number of thiophene rings is 1. The molecule has 0 spiro atoms. The van der Waals surface area contributed by atoms with E-state index in [-0.39, 0.29) is 10.9 Å². The van der Waals surface area contributed by atoms with Gasteiger partial charge in [0.05, 0.1) is 4.70 Å². The van der Waals surface area contributed by atoms with Gasteiger partial charge in [0, 0.05) is 0 Å². The van der Waals surface area contributed by atoms with Gasteiger partial charge in [-0.15, -0.1) is 0 Å². The Kier molecular flexibility index (Phi) is 1.54. The highest BCUT2D eigenvalue weighted by atomic mass is 32.1. The van der Waals surface area contributed by atoms with Gasteiger partial charge in [-0.1, -0.05) is 23.5 Å². The maximum atomic E-state index is 13.3. The first-order chi connectivity index (χ1) is 5.68. The second-order valence-corrected chi connectivity index (χ2v) is 3.73. The number of fused-ring (bicyclic) bond motifs is 1. The smallest absolute Gasteiger partial charge is 0.172 e. The van der Waals surface area contributed by atoms with Gasteiger partial charge in [0.1, 0.15) is 5.82 Å². The molecule has 1 aromatic heterocycles. The van der Waals surface area contributed by atoms with E-state index in [1.54, 1.807) is 19.1 Å². The predicted octanol–water partition coefficient (Wildman–Crippen LogP) is 3.05. The van der Waals surface area contributed by atoms with Crippen molar-refractivity contribution in [3.63, 3.8) is 0 Å². The monoisotopic (exact) mass is 182 g/mol. The number of hydrogen-bond donors (Lipinski definition) is 1. The molecule has 0 aliphatic rings. The van der Waals surface area contributed by atoms with E-state index < -0.39 is 0 Å². The number of halogens is 1. The summed E-state index contributed by atoms with van der Waals surface area (Å²) in [5.74, 6) is -0.224. The topological polar surface area (TPSA) is 20.2 Å². The van der Waals surface area contributed by atoms with Gasteiger partial charge in [0.15, 0.2) is 5.06 Å². The average Bonchev–Trinajstić information content (AvgIpc) is 2.39. The maximum absolute atomic E-state index is 13.3. The van der Waals surface area contributed by atoms with Crippen LogP contribution in [0.5, 0.6) is 5.06 Å². The Hall–Kier alpha value is -1.09. The molecule has 12 heavy (non-hydrogen) atoms. The summed E-state index contributed by atoms with van der Waals surface area (Å²) < 4.78 is 13.8. The molecule has 3 heteroatoms. The van der Waals surface area contributed by atoms with E-state index in [4.69, 9.17) is 5.11 Å². The highest BCUT2D eigenvalue weighted by Gasteiger charge is 2.07. The van der Waals surface area contributed by atoms with Crippen LogP contribution in [0.4, 0.5) is 4.39 Å². The molecule has 1 heterocycles. The van der Waals surface area contributed by atoms with Gasteiger partial charge < -0.3 is 5.11 Å². The molecule has 1 nitrogen and oxygen atoms in total. The third-order valence-corrected chi connectivity index (χ3v) is 2.75. The Morgan fingerprint density at radius 3 is 2.92 bits per heavy atom. The number of aryl methyl sites for hydroxylation is 1. The summed E-state index contributed by atoms with van der Waals surface area (Å²) in [6, 6.07) is 5.09. The lowest BCUT2D eigenvalue weighted by Crippen LogP contribution is -1.79. The van der Waals surface area contributed by atoms with Crippen molar-refractivity contribution in [2.75, 3.05) is 0 Å². The standard InChI is InChI=1S/C9H7FOS/c1-5-2-3-6-4-7(11)12-9(6)8(5)10/h2-4,11H,1H3. The molecule has 0 fully saturated rings. The first-order valence-electron chi connectivity index (χ1n) is 3.56. The summed E-state index contributed by atoms with van der Waals surface area (Å²) in [5, 5.41) is 10.0. The van der Waals surface area contributed by atoms with Gasteiger partial charge in [-0.3, -0.25) is 0 Å². The molecule has 0 saturated carbocycles. The maximum Gasteiger partial charge on any atom is 0.172 e. The van der Waals surface area contributed by atoms with Crippen molar-refractivity contribution < 1.29 is 9.50 Å². The third kappa shape index (κ3) is 0.975. The summed E-state index contributed by atoms with van der Waals surface area (Å²) in [6.45, 7) is 1.71. The highest BCUT2D eigenvalue weighted by Crippen LogP contribution is 2.33. The molecule has 0 radical (unpaired) electrons. The molecule has 0 aliphatic carbocycles. The van der Waals surface area contributed by atoms with Crippen molar-refractivity contribution in [2.24, 2.45) is 0 Å². The SMILES string of the molecule is Cc1ccc2cc(O)sc2c1F. The number of hydrogen-bond acceptors (Lipinski definition) is 2. The number of aromatic hydroxyl groups is 1. The minimum Gasteiger partial charge on any atom is -0.499 e. The molecule has 1 aromatic carbocycles. The minimum absolute atomic E-state index is 0.162. The van der Waals surface area contributed by atoms with E-state index in [2.05, 4.69) is 0 Å². The average molecular weight is 182 g/mol. The zero-order valence-corrected chi connectivity index (χ0v) is 7.28. The molecule has 2 rings (SSSR count). The van der Waals surface area contributed by atoms with Crippen LogP contribution in [-0.2, 0) is 0 Å². The molecular weight excluding hydrogens is 175 g/mol. The quantitative estimate of drug-likeness (QED) is 0.663. The van der Waals surface area contributed by atoms with Crippen LogP contribution < -0.4 is 0 Å². The number of benzene rings is 1. The molecule has 0 amide bonds. The zero-order chi connectivity index (χ0) is 8.72. The predicted molar refractivity (Wildman–Crippen MR) is 48.2 cm³/mol. The molecule has 0 unspecified atom stereocenters. The van der Waals surface area contributed by atoms with Crippen LogP contribution in [0.25, 0.3) is 10.1 Å². The Labute approximate surface area is 73.1 Å². The first-order valence-corrected chi connectivity index (χ1v) is 4.38. The van der Waals surface area contributed by atoms with Crippen LogP contribution in [0.2, 0.25) is 0 Å². The van der Waals surface area contributed by atoms with Gasteiger partial charge in [-0.2, -0.15) is 0 Å². The Morgan fingerprint density at radius 1 is 1.42 bits per heavy atom. The lowest BCUT2D eigenvalue weighted by molar-refractivity contribution is 0.491. The second kappa shape index (κ2) is 2.45. The van der Waals surface area contributed by atoms with E-state index in [0.717, 1.165) is 16.7 Å². The van der Waals surface area contributed by atoms with Crippen molar-refractivity contribution in [3.8, 4) is 5.06 Å². The first kappa shape index (κ1) is 7.55. The van der Waals surface area contributed by atoms with Crippen molar-refractivity contribution in [3.05, 3.63) is 29.6 Å². The summed E-state index contributed by atoms with van der Waals surface area (Å²) in [4.78, 5) is 0. The fraction of sp³-hybridized carbons (Fsp3) is 0.111. The van der Waals surface area contributed by atoms with Crippen LogP contribution in [0.15, 0.2) is 18.2 Å². The summed E-state index contributed by atoms with van der Waals surface area (Å²) >= 11 is 1.07. The lowest BCUT2D eigenvalue weighted by Gasteiger charge is -1.94. The van der Waals surface area contributed by atoms with Crippen LogP contribution in [0, 0.1) is 12.7 Å². The van der Waals surface area contributed by atoms with Crippen molar-refractivity contribution in [2.45, 2.75) is 6.92 Å². The number of rotatable bonds is 0. The Morgan fingerprint density at radius 2 is 2.17 bits per heavy atom. The van der Waals surface area contributed by atoms with E-state index in [1.807, 2.05) is 6.07 Å². The summed E-state index contributed by atoms with van der Waals surface area (Å²) in [6.07, 6.45) is 0. The zero-order valence-electron chi connectivity index (χ0n) is 6.47. The summed E-state index contributed by atoms with van der Waals surface area (Å²) in [7, 11) is 0. The molecule has 1 N–H and O–H groups in total. The fourth-order valence-corrected chi connectivity index (χ4v) is 2.04. The van der Waals surface area contributed by atoms with Crippen LogP contribution in [0.1, 0.15) is 5.56 Å². The van der Waals surface area contributed by atoms with E-state index in [0.29, 0.717) is 10.3 Å². The van der Waals surface area contributed by atoms with Crippen LogP contribution in [-0.4, -0.2) is 5.11 Å². The molecule has 0 atom stereocenters. The van der Waals surface area contributed by atoms with Gasteiger partial charge in [0.2, 0.25) is 0 Å². The van der Waals surface area contributed by atoms with Crippen molar-refractivity contribution >= 4 is 21.4 Å². The van der Waals surface area contributed by atoms with E-state index in [9.17, 15) is 4.39 Å². The molecule has 0 bridgehead atoms. The largest absolute Gasteiger partial charge is 0.499 e. The Balaban J connectivity index is 2.89. The van der Waals surface area contributed by atoms with Gasteiger partial charge >= 0.3 is 0 Å². The third-order valence-electron chi connectivity index (χ3n) is 1.81. The van der Waals surface area contributed by atoms with Crippen molar-refractivity contribution in [1.29, 1.82) is 0 Å².